The summed E-state index contributed by atoms with van der Waals surface area (Å²) >= 11 is 0. The van der Waals surface area contributed by atoms with E-state index in [9.17, 15) is 9.90 Å². The molecule has 0 amide bonds. The summed E-state index contributed by atoms with van der Waals surface area (Å²) in [6.45, 7) is 5.79. The van der Waals surface area contributed by atoms with E-state index in [-0.39, 0.29) is 11.5 Å². The van der Waals surface area contributed by atoms with Crippen LogP contribution in [0.15, 0.2) is 23.7 Å². The van der Waals surface area contributed by atoms with Crippen molar-refractivity contribution in [3.8, 4) is 0 Å². The predicted octanol–water partition coefficient (Wildman–Crippen LogP) is 3.06. The fraction of sp³-hybridized carbons (Fsp3) is 0.643. The van der Waals surface area contributed by atoms with Crippen molar-refractivity contribution in [2.24, 2.45) is 11.8 Å². The molecule has 1 spiro atoms. The van der Waals surface area contributed by atoms with Crippen LogP contribution in [0.4, 0.5) is 0 Å². The average Bonchev–Trinajstić information content (AvgIpc) is 2.30. The average molecular weight is 252 g/mol. The van der Waals surface area contributed by atoms with Crippen molar-refractivity contribution in [1.29, 1.82) is 0 Å². The van der Waals surface area contributed by atoms with Crippen LogP contribution in [-0.4, -0.2) is 16.9 Å². The lowest BCUT2D eigenvalue weighted by molar-refractivity contribution is -0.220. The molecule has 2 rings (SSSR count). The highest BCUT2D eigenvalue weighted by Gasteiger charge is 2.41. The van der Waals surface area contributed by atoms with Gasteiger partial charge in [0.05, 0.1) is 0 Å². The highest BCUT2D eigenvalue weighted by molar-refractivity contribution is 5.89. The van der Waals surface area contributed by atoms with Gasteiger partial charge in [0, 0.05) is 6.42 Å². The van der Waals surface area contributed by atoms with Crippen LogP contribution in [0, 0.1) is 11.8 Å². The molecule has 1 N–H and O–H groups in total. The highest BCUT2D eigenvalue weighted by atomic mass is 16.8. The molecule has 3 atom stereocenters. The molecule has 4 heteroatoms. The van der Waals surface area contributed by atoms with Gasteiger partial charge in [0.1, 0.15) is 5.57 Å². The maximum atomic E-state index is 11.7. The molecule has 0 aromatic rings. The molecule has 4 nitrogen and oxygen atoms in total. The Morgan fingerprint density at radius 2 is 2.11 bits per heavy atom. The fourth-order valence-electron chi connectivity index (χ4n) is 2.42. The van der Waals surface area contributed by atoms with Crippen LogP contribution < -0.4 is 0 Å². The molecule has 2 aliphatic rings. The molecule has 18 heavy (non-hydrogen) atoms. The van der Waals surface area contributed by atoms with Crippen LogP contribution in [0.3, 0.4) is 0 Å². The highest BCUT2D eigenvalue weighted by Crippen LogP contribution is 2.35. The Morgan fingerprint density at radius 1 is 1.39 bits per heavy atom. The van der Waals surface area contributed by atoms with Crippen LogP contribution in [0.2, 0.25) is 0 Å². The van der Waals surface area contributed by atoms with Gasteiger partial charge in [0.2, 0.25) is 0 Å². The second kappa shape index (κ2) is 4.67. The lowest BCUT2D eigenvalue weighted by atomic mass is 9.88. The first kappa shape index (κ1) is 13.0. The summed E-state index contributed by atoms with van der Waals surface area (Å²) in [6, 6.07) is 0. The van der Waals surface area contributed by atoms with Crippen molar-refractivity contribution in [3.63, 3.8) is 0 Å². The SMILES string of the molecule is CC1=C(O)OC2(C=CC(C)CC(C)CC2)OC1=O. The number of rotatable bonds is 0. The van der Waals surface area contributed by atoms with Crippen molar-refractivity contribution in [3.05, 3.63) is 23.7 Å². The summed E-state index contributed by atoms with van der Waals surface area (Å²) in [5.41, 5.74) is 0.122. The van der Waals surface area contributed by atoms with E-state index in [0.29, 0.717) is 18.3 Å². The monoisotopic (exact) mass is 252 g/mol. The summed E-state index contributed by atoms with van der Waals surface area (Å²) in [7, 11) is 0. The van der Waals surface area contributed by atoms with E-state index in [2.05, 4.69) is 13.8 Å². The Labute approximate surface area is 107 Å². The standard InChI is InChI=1S/C14H20O4/c1-9-4-6-14(7-5-10(2)8-9)17-12(15)11(3)13(16)18-14/h4,6,9-10,15H,5,7-8H2,1-3H3. The van der Waals surface area contributed by atoms with Crippen LogP contribution in [0.5, 0.6) is 0 Å². The molecule has 1 aliphatic heterocycles. The van der Waals surface area contributed by atoms with Gasteiger partial charge in [-0.2, -0.15) is 0 Å². The van der Waals surface area contributed by atoms with Gasteiger partial charge in [0.15, 0.2) is 0 Å². The van der Waals surface area contributed by atoms with Gasteiger partial charge in [-0.25, -0.2) is 4.79 Å². The normalized spacial score (nSPS) is 36.9. The smallest absolute Gasteiger partial charge is 0.344 e. The number of hydrogen-bond donors (Lipinski definition) is 1. The largest absolute Gasteiger partial charge is 0.481 e. The molecule has 0 radical (unpaired) electrons. The lowest BCUT2D eigenvalue weighted by Gasteiger charge is -2.36. The van der Waals surface area contributed by atoms with Crippen molar-refractivity contribution >= 4 is 5.97 Å². The first-order chi connectivity index (χ1) is 8.42. The third-order valence-electron chi connectivity index (χ3n) is 3.60. The minimum absolute atomic E-state index is 0.122. The van der Waals surface area contributed by atoms with Crippen LogP contribution in [-0.2, 0) is 14.3 Å². The number of ether oxygens (including phenoxy) is 2. The Morgan fingerprint density at radius 3 is 2.78 bits per heavy atom. The quantitative estimate of drug-likeness (QED) is 0.531. The van der Waals surface area contributed by atoms with E-state index >= 15 is 0 Å². The Balaban J connectivity index is 2.28. The molecule has 1 heterocycles. The first-order valence-electron chi connectivity index (χ1n) is 6.43. The maximum absolute atomic E-state index is 11.7. The topological polar surface area (TPSA) is 55.8 Å². The molecule has 0 aromatic carbocycles. The zero-order chi connectivity index (χ0) is 13.3. The van der Waals surface area contributed by atoms with Crippen molar-refractivity contribution in [2.45, 2.75) is 45.8 Å². The van der Waals surface area contributed by atoms with Crippen LogP contribution in [0.25, 0.3) is 0 Å². The molecule has 0 saturated carbocycles. The summed E-state index contributed by atoms with van der Waals surface area (Å²) in [6.07, 6.45) is 6.34. The molecule has 100 valence electrons. The van der Waals surface area contributed by atoms with Gasteiger partial charge in [-0.1, -0.05) is 19.9 Å². The third-order valence-corrected chi connectivity index (χ3v) is 3.60. The van der Waals surface area contributed by atoms with E-state index in [4.69, 9.17) is 9.47 Å². The van der Waals surface area contributed by atoms with Crippen LogP contribution >= 0.6 is 0 Å². The number of carbonyl (C=O) groups is 1. The van der Waals surface area contributed by atoms with Gasteiger partial charge in [0.25, 0.3) is 11.7 Å². The number of hydrogen-bond acceptors (Lipinski definition) is 4. The summed E-state index contributed by atoms with van der Waals surface area (Å²) in [5.74, 6) is -1.00. The van der Waals surface area contributed by atoms with Gasteiger partial charge in [-0.15, -0.1) is 0 Å². The van der Waals surface area contributed by atoms with E-state index in [1.54, 1.807) is 6.08 Å². The van der Waals surface area contributed by atoms with Gasteiger partial charge in [-0.3, -0.25) is 0 Å². The Kier molecular flexibility index (Phi) is 3.37. The number of carbonyl (C=O) groups excluding carboxylic acids is 1. The molecule has 0 fully saturated rings. The van der Waals surface area contributed by atoms with Gasteiger partial charge < -0.3 is 14.6 Å². The summed E-state index contributed by atoms with van der Waals surface area (Å²) in [4.78, 5) is 11.7. The Hall–Kier alpha value is -1.45. The van der Waals surface area contributed by atoms with Gasteiger partial charge in [-0.05, 0) is 37.7 Å². The summed E-state index contributed by atoms with van der Waals surface area (Å²) in [5, 5.41) is 9.68. The number of aliphatic hydroxyl groups excluding tert-OH is 1. The van der Waals surface area contributed by atoms with Crippen LogP contribution in [0.1, 0.15) is 40.0 Å². The first-order valence-corrected chi connectivity index (χ1v) is 6.43. The minimum atomic E-state index is -1.12. The number of allylic oxidation sites excluding steroid dienone is 1. The molecular formula is C14H20O4. The maximum Gasteiger partial charge on any atom is 0.344 e. The molecular weight excluding hydrogens is 232 g/mol. The minimum Gasteiger partial charge on any atom is -0.481 e. The molecule has 1 aliphatic carbocycles. The van der Waals surface area contributed by atoms with E-state index in [1.807, 2.05) is 6.08 Å². The molecule has 0 aromatic heterocycles. The zero-order valence-corrected chi connectivity index (χ0v) is 11.1. The molecule has 3 unspecified atom stereocenters. The molecule has 0 bridgehead atoms. The second-order valence-electron chi connectivity index (χ2n) is 5.45. The van der Waals surface area contributed by atoms with Gasteiger partial charge >= 0.3 is 5.97 Å². The van der Waals surface area contributed by atoms with Crippen molar-refractivity contribution < 1.29 is 19.4 Å². The lowest BCUT2D eigenvalue weighted by Crippen LogP contribution is -2.41. The van der Waals surface area contributed by atoms with E-state index in [1.165, 1.54) is 6.92 Å². The van der Waals surface area contributed by atoms with E-state index < -0.39 is 11.8 Å². The number of esters is 1. The Bertz CT molecular complexity index is 410. The van der Waals surface area contributed by atoms with E-state index in [0.717, 1.165) is 12.8 Å². The molecule has 0 saturated heterocycles. The number of aliphatic hydroxyl groups is 1. The second-order valence-corrected chi connectivity index (χ2v) is 5.45. The summed E-state index contributed by atoms with van der Waals surface area (Å²) < 4.78 is 10.8. The zero-order valence-electron chi connectivity index (χ0n) is 11.1. The predicted molar refractivity (Wildman–Crippen MR) is 66.6 cm³/mol. The van der Waals surface area contributed by atoms with Crippen molar-refractivity contribution in [2.75, 3.05) is 0 Å². The van der Waals surface area contributed by atoms with Crippen molar-refractivity contribution in [1.82, 2.24) is 0 Å². The third kappa shape index (κ3) is 2.52. The fourth-order valence-corrected chi connectivity index (χ4v) is 2.42.